The average Bonchev–Trinajstić information content (AvgIpc) is 3.31. The van der Waals surface area contributed by atoms with Gasteiger partial charge in [-0.05, 0) is 24.6 Å². The first-order chi connectivity index (χ1) is 11.6. The number of hydrogen-bond donors (Lipinski definition) is 1. The highest BCUT2D eigenvalue weighted by Gasteiger charge is 2.32. The van der Waals surface area contributed by atoms with Gasteiger partial charge in [0.05, 0.1) is 12.1 Å². The fourth-order valence-corrected chi connectivity index (χ4v) is 3.72. The summed E-state index contributed by atoms with van der Waals surface area (Å²) in [5.74, 6) is -0.128. The van der Waals surface area contributed by atoms with Crippen molar-refractivity contribution in [3.05, 3.63) is 29.3 Å². The molecule has 124 valence electrons. The summed E-state index contributed by atoms with van der Waals surface area (Å²) in [6.07, 6.45) is 2.04. The molecule has 24 heavy (non-hydrogen) atoms. The molecule has 2 aliphatic rings. The van der Waals surface area contributed by atoms with Crippen molar-refractivity contribution in [2.75, 3.05) is 19.9 Å². The van der Waals surface area contributed by atoms with Gasteiger partial charge in [0.15, 0.2) is 11.5 Å². The lowest BCUT2D eigenvalue weighted by Crippen LogP contribution is -2.29. The van der Waals surface area contributed by atoms with Crippen molar-refractivity contribution in [1.82, 2.24) is 9.88 Å². The molecule has 2 aliphatic heterocycles. The van der Waals surface area contributed by atoms with Crippen LogP contribution in [0.5, 0.6) is 11.5 Å². The molecule has 1 N–H and O–H groups in total. The van der Waals surface area contributed by atoms with E-state index in [1.807, 2.05) is 18.2 Å². The third-order valence-corrected chi connectivity index (χ3v) is 5.20. The molecular weight excluding hydrogens is 332 g/mol. The number of fused-ring (bicyclic) bond motifs is 1. The molecule has 0 bridgehead atoms. The van der Waals surface area contributed by atoms with E-state index in [1.54, 1.807) is 11.1 Å². The van der Waals surface area contributed by atoms with E-state index >= 15 is 0 Å². The van der Waals surface area contributed by atoms with Gasteiger partial charge in [0.1, 0.15) is 9.88 Å². The number of thiazole rings is 1. The van der Waals surface area contributed by atoms with Crippen molar-refractivity contribution in [3.8, 4) is 22.1 Å². The van der Waals surface area contributed by atoms with Crippen LogP contribution in [0.3, 0.4) is 0 Å². The zero-order valence-corrected chi connectivity index (χ0v) is 13.4. The van der Waals surface area contributed by atoms with E-state index in [0.717, 1.165) is 5.56 Å². The Balaban J connectivity index is 1.53. The monoisotopic (exact) mass is 346 g/mol. The smallest absolute Gasteiger partial charge is 0.308 e. The Hall–Kier alpha value is -2.61. The summed E-state index contributed by atoms with van der Waals surface area (Å²) in [6, 6.07) is 5.53. The number of nitrogens with zero attached hydrogens (tertiary/aromatic N) is 2. The summed E-state index contributed by atoms with van der Waals surface area (Å²) < 4.78 is 10.6. The van der Waals surface area contributed by atoms with Crippen molar-refractivity contribution in [1.29, 1.82) is 0 Å². The standard InChI is InChI=1S/C16H14N2O5S/c19-15(18-4-3-10(7-18)16(20)21)13-6-17-14(24-13)9-1-2-11-12(5-9)23-8-22-11/h1-2,5-6,10H,3-4,7-8H2,(H,20,21)/t10-/m1/s1. The van der Waals surface area contributed by atoms with Crippen LogP contribution in [-0.4, -0.2) is 46.7 Å². The molecule has 1 saturated heterocycles. The molecule has 0 saturated carbocycles. The Labute approximate surface area is 141 Å². The van der Waals surface area contributed by atoms with Gasteiger partial charge in [-0.2, -0.15) is 0 Å². The van der Waals surface area contributed by atoms with Crippen LogP contribution in [0.25, 0.3) is 10.6 Å². The summed E-state index contributed by atoms with van der Waals surface area (Å²) in [5.41, 5.74) is 0.855. The first-order valence-corrected chi connectivity index (χ1v) is 8.31. The SMILES string of the molecule is O=C(O)[C@@H]1CCN(C(=O)c2cnc(-c3ccc4c(c3)OCO4)s2)C1. The maximum absolute atomic E-state index is 12.5. The Morgan fingerprint density at radius 3 is 2.92 bits per heavy atom. The van der Waals surface area contributed by atoms with Gasteiger partial charge in [-0.15, -0.1) is 11.3 Å². The lowest BCUT2D eigenvalue weighted by Gasteiger charge is -2.13. The molecule has 8 heteroatoms. The van der Waals surface area contributed by atoms with Crippen molar-refractivity contribution < 1.29 is 24.2 Å². The molecule has 3 heterocycles. The van der Waals surface area contributed by atoms with Crippen LogP contribution in [-0.2, 0) is 4.79 Å². The predicted octanol–water partition coefficient (Wildman–Crippen LogP) is 2.09. The third-order valence-electron chi connectivity index (χ3n) is 4.16. The molecule has 7 nitrogen and oxygen atoms in total. The zero-order valence-electron chi connectivity index (χ0n) is 12.6. The maximum atomic E-state index is 12.5. The first kappa shape index (κ1) is 14.9. The van der Waals surface area contributed by atoms with E-state index in [9.17, 15) is 9.59 Å². The Morgan fingerprint density at radius 1 is 1.29 bits per heavy atom. The number of ether oxygens (including phenoxy) is 2. The minimum Gasteiger partial charge on any atom is -0.481 e. The van der Waals surface area contributed by atoms with E-state index in [2.05, 4.69) is 4.98 Å². The zero-order chi connectivity index (χ0) is 16.7. The van der Waals surface area contributed by atoms with Crippen molar-refractivity contribution in [2.24, 2.45) is 5.92 Å². The lowest BCUT2D eigenvalue weighted by molar-refractivity contribution is -0.141. The van der Waals surface area contributed by atoms with Crippen LogP contribution in [0.1, 0.15) is 16.1 Å². The van der Waals surface area contributed by atoms with Gasteiger partial charge in [-0.25, -0.2) is 4.98 Å². The molecule has 1 fully saturated rings. The van der Waals surface area contributed by atoms with Crippen LogP contribution in [0, 0.1) is 5.92 Å². The normalized spacial score (nSPS) is 18.8. The van der Waals surface area contributed by atoms with Crippen LogP contribution >= 0.6 is 11.3 Å². The third kappa shape index (κ3) is 2.58. The molecule has 0 aliphatic carbocycles. The molecule has 1 amide bonds. The van der Waals surface area contributed by atoms with E-state index < -0.39 is 11.9 Å². The Morgan fingerprint density at radius 2 is 2.12 bits per heavy atom. The van der Waals surface area contributed by atoms with E-state index in [1.165, 1.54) is 11.3 Å². The van der Waals surface area contributed by atoms with E-state index in [4.69, 9.17) is 14.6 Å². The second-order valence-electron chi connectivity index (χ2n) is 5.67. The number of carboxylic acids is 1. The molecule has 0 radical (unpaired) electrons. The quantitative estimate of drug-likeness (QED) is 0.915. The van der Waals surface area contributed by atoms with Gasteiger partial charge < -0.3 is 19.5 Å². The molecule has 1 aromatic carbocycles. The largest absolute Gasteiger partial charge is 0.481 e. The fourth-order valence-electron chi connectivity index (χ4n) is 2.84. The van der Waals surface area contributed by atoms with E-state index in [-0.39, 0.29) is 19.2 Å². The predicted molar refractivity (Wildman–Crippen MR) is 85.3 cm³/mol. The van der Waals surface area contributed by atoms with Crippen molar-refractivity contribution in [2.45, 2.75) is 6.42 Å². The number of carbonyl (C=O) groups is 2. The number of carbonyl (C=O) groups excluding carboxylic acids is 1. The van der Waals surface area contributed by atoms with Gasteiger partial charge in [0.25, 0.3) is 5.91 Å². The van der Waals surface area contributed by atoms with Gasteiger partial charge in [-0.1, -0.05) is 0 Å². The van der Waals surface area contributed by atoms with E-state index in [0.29, 0.717) is 34.3 Å². The maximum Gasteiger partial charge on any atom is 0.308 e. The van der Waals surface area contributed by atoms with Gasteiger partial charge in [0.2, 0.25) is 6.79 Å². The summed E-state index contributed by atoms with van der Waals surface area (Å²) >= 11 is 1.29. The second kappa shape index (κ2) is 5.79. The van der Waals surface area contributed by atoms with Crippen LogP contribution < -0.4 is 9.47 Å². The lowest BCUT2D eigenvalue weighted by atomic mass is 10.1. The second-order valence-corrected chi connectivity index (χ2v) is 6.70. The number of hydrogen-bond acceptors (Lipinski definition) is 6. The summed E-state index contributed by atoms with van der Waals surface area (Å²) in [6.45, 7) is 0.929. The van der Waals surface area contributed by atoms with Gasteiger partial charge >= 0.3 is 5.97 Å². The number of amides is 1. The number of aliphatic carboxylic acids is 1. The van der Waals surface area contributed by atoms with Crippen molar-refractivity contribution >= 4 is 23.2 Å². The minimum atomic E-state index is -0.851. The molecule has 1 aromatic heterocycles. The van der Waals surface area contributed by atoms with Crippen LogP contribution in [0.4, 0.5) is 0 Å². The fraction of sp³-hybridized carbons (Fsp3) is 0.312. The summed E-state index contributed by atoms with van der Waals surface area (Å²) in [7, 11) is 0. The Kier molecular flexibility index (Phi) is 3.61. The molecule has 2 aromatic rings. The molecule has 4 rings (SSSR count). The van der Waals surface area contributed by atoms with Crippen LogP contribution in [0.2, 0.25) is 0 Å². The molecule has 0 spiro atoms. The topological polar surface area (TPSA) is 89.0 Å². The van der Waals surface area contributed by atoms with Crippen LogP contribution in [0.15, 0.2) is 24.4 Å². The number of benzene rings is 1. The Bertz CT molecular complexity index is 819. The number of rotatable bonds is 3. The number of carboxylic acid groups (broad SMARTS) is 1. The summed E-state index contributed by atoms with van der Waals surface area (Å²) in [5, 5.41) is 9.76. The highest BCUT2D eigenvalue weighted by molar-refractivity contribution is 7.16. The van der Waals surface area contributed by atoms with Crippen molar-refractivity contribution in [3.63, 3.8) is 0 Å². The average molecular weight is 346 g/mol. The molecule has 1 atom stereocenters. The molecule has 0 unspecified atom stereocenters. The molecular formula is C16H14N2O5S. The number of aromatic nitrogens is 1. The first-order valence-electron chi connectivity index (χ1n) is 7.50. The minimum absolute atomic E-state index is 0.164. The highest BCUT2D eigenvalue weighted by atomic mass is 32.1. The van der Waals surface area contributed by atoms with Gasteiger partial charge in [-0.3, -0.25) is 9.59 Å². The number of likely N-dealkylation sites (tertiary alicyclic amines) is 1. The van der Waals surface area contributed by atoms with Gasteiger partial charge in [0, 0.05) is 18.7 Å². The highest BCUT2D eigenvalue weighted by Crippen LogP contribution is 2.37. The summed E-state index contributed by atoms with van der Waals surface area (Å²) in [4.78, 5) is 29.9.